The van der Waals surface area contributed by atoms with Gasteiger partial charge in [-0.3, -0.25) is 9.69 Å². The molecule has 0 saturated carbocycles. The molecule has 0 aliphatic carbocycles. The predicted molar refractivity (Wildman–Crippen MR) is 101 cm³/mol. The molecule has 136 valence electrons. The fourth-order valence-corrected chi connectivity index (χ4v) is 2.99. The van der Waals surface area contributed by atoms with E-state index in [0.29, 0.717) is 18.7 Å². The molecule has 1 saturated heterocycles. The van der Waals surface area contributed by atoms with Crippen molar-refractivity contribution in [3.05, 3.63) is 59.7 Å². The molecule has 2 aromatic rings. The van der Waals surface area contributed by atoms with Crippen LogP contribution in [0, 0.1) is 0 Å². The molecule has 0 aromatic heterocycles. The van der Waals surface area contributed by atoms with Crippen LogP contribution in [0.3, 0.4) is 0 Å². The first-order valence-corrected chi connectivity index (χ1v) is 8.58. The summed E-state index contributed by atoms with van der Waals surface area (Å²) in [6.45, 7) is 3.27. The third-order valence-electron chi connectivity index (χ3n) is 4.78. The number of hydrogen-bond donors (Lipinski definition) is 1. The fourth-order valence-electron chi connectivity index (χ4n) is 2.99. The summed E-state index contributed by atoms with van der Waals surface area (Å²) < 4.78 is 5.17. The molecular formula is C20H23N3O3. The number of nitrogens with one attached hydrogen (secondary N) is 1. The van der Waals surface area contributed by atoms with Crippen LogP contribution >= 0.6 is 0 Å². The Balaban J connectivity index is 1.71. The van der Waals surface area contributed by atoms with Gasteiger partial charge in [0.2, 0.25) is 0 Å². The molecule has 1 unspecified atom stereocenters. The number of hydrogen-bond acceptors (Lipinski definition) is 3. The fraction of sp³-hybridized carbons (Fsp3) is 0.300. The number of carbonyl (C=O) groups excluding carboxylic acids is 2. The van der Waals surface area contributed by atoms with E-state index in [1.165, 1.54) is 0 Å². The third-order valence-corrected chi connectivity index (χ3v) is 4.78. The van der Waals surface area contributed by atoms with Crippen LogP contribution in [0.25, 0.3) is 0 Å². The molecule has 3 amide bonds. The maximum absolute atomic E-state index is 12.8. The summed E-state index contributed by atoms with van der Waals surface area (Å²) in [6, 6.07) is 14.7. The van der Waals surface area contributed by atoms with Crippen molar-refractivity contribution in [3.8, 4) is 5.75 Å². The van der Waals surface area contributed by atoms with Gasteiger partial charge in [0.05, 0.1) is 13.2 Å². The Bertz CT molecular complexity index is 787. The van der Waals surface area contributed by atoms with Crippen molar-refractivity contribution in [2.45, 2.75) is 13.0 Å². The molecule has 1 heterocycles. The average Bonchev–Trinajstić information content (AvgIpc) is 3.12. The van der Waals surface area contributed by atoms with E-state index in [-0.39, 0.29) is 18.0 Å². The van der Waals surface area contributed by atoms with E-state index in [2.05, 4.69) is 5.32 Å². The molecule has 6 heteroatoms. The molecule has 0 spiro atoms. The van der Waals surface area contributed by atoms with Gasteiger partial charge >= 0.3 is 6.03 Å². The van der Waals surface area contributed by atoms with Gasteiger partial charge in [0.1, 0.15) is 5.75 Å². The van der Waals surface area contributed by atoms with Crippen molar-refractivity contribution < 1.29 is 14.3 Å². The lowest BCUT2D eigenvalue weighted by Crippen LogP contribution is -2.30. The van der Waals surface area contributed by atoms with E-state index >= 15 is 0 Å². The Morgan fingerprint density at radius 1 is 1.15 bits per heavy atom. The minimum atomic E-state index is -0.102. The van der Waals surface area contributed by atoms with Crippen LogP contribution in [0.15, 0.2) is 48.5 Å². The highest BCUT2D eigenvalue weighted by Crippen LogP contribution is 2.24. The lowest BCUT2D eigenvalue weighted by molar-refractivity contribution is 0.0742. The van der Waals surface area contributed by atoms with Crippen LogP contribution in [-0.2, 0) is 0 Å². The molecule has 0 radical (unpaired) electrons. The van der Waals surface area contributed by atoms with E-state index in [1.807, 2.05) is 43.3 Å². The van der Waals surface area contributed by atoms with E-state index < -0.39 is 0 Å². The maximum atomic E-state index is 12.8. The van der Waals surface area contributed by atoms with E-state index in [1.54, 1.807) is 36.1 Å². The molecule has 1 atom stereocenters. The van der Waals surface area contributed by atoms with Crippen LogP contribution in [0.5, 0.6) is 5.75 Å². The SMILES string of the molecule is COc1ccc(C(C)N(C)C(=O)c2ccc(N3CCNC3=O)cc2)cc1. The monoisotopic (exact) mass is 353 g/mol. The standard InChI is InChI=1S/C20H23N3O3/c1-14(15-6-10-18(26-3)11-7-15)22(2)19(24)16-4-8-17(9-5-16)23-13-12-21-20(23)25/h4-11,14H,12-13H2,1-3H3,(H,21,25). The number of carbonyl (C=O) groups is 2. The van der Waals surface area contributed by atoms with Crippen LogP contribution in [0.1, 0.15) is 28.9 Å². The van der Waals surface area contributed by atoms with Gasteiger partial charge in [-0.25, -0.2) is 4.79 Å². The van der Waals surface area contributed by atoms with Gasteiger partial charge in [-0.2, -0.15) is 0 Å². The van der Waals surface area contributed by atoms with E-state index in [0.717, 1.165) is 17.0 Å². The highest BCUT2D eigenvalue weighted by molar-refractivity contribution is 5.97. The van der Waals surface area contributed by atoms with Crippen LogP contribution < -0.4 is 15.0 Å². The lowest BCUT2D eigenvalue weighted by Gasteiger charge is -2.26. The number of ether oxygens (including phenoxy) is 1. The van der Waals surface area contributed by atoms with Gasteiger partial charge in [0, 0.05) is 31.4 Å². The van der Waals surface area contributed by atoms with Crippen molar-refractivity contribution in [1.82, 2.24) is 10.2 Å². The quantitative estimate of drug-likeness (QED) is 0.899. The Hall–Kier alpha value is -3.02. The van der Waals surface area contributed by atoms with Gasteiger partial charge < -0.3 is 15.0 Å². The number of nitrogens with zero attached hydrogens (tertiary/aromatic N) is 2. The largest absolute Gasteiger partial charge is 0.497 e. The maximum Gasteiger partial charge on any atom is 0.321 e. The summed E-state index contributed by atoms with van der Waals surface area (Å²) in [6.07, 6.45) is 0. The van der Waals surface area contributed by atoms with Gasteiger partial charge in [-0.1, -0.05) is 12.1 Å². The van der Waals surface area contributed by atoms with Crippen molar-refractivity contribution >= 4 is 17.6 Å². The molecule has 1 fully saturated rings. The molecule has 1 aliphatic heterocycles. The number of amides is 3. The minimum absolute atomic E-state index is 0.0641. The molecule has 6 nitrogen and oxygen atoms in total. The summed E-state index contributed by atoms with van der Waals surface area (Å²) in [4.78, 5) is 27.9. The first kappa shape index (κ1) is 17.8. The number of urea groups is 1. The first-order chi connectivity index (χ1) is 12.5. The number of anilines is 1. The highest BCUT2D eigenvalue weighted by Gasteiger charge is 2.22. The number of benzene rings is 2. The topological polar surface area (TPSA) is 61.9 Å². The second-order valence-corrected chi connectivity index (χ2v) is 6.30. The van der Waals surface area contributed by atoms with Crippen LogP contribution in [-0.4, -0.2) is 44.1 Å². The van der Waals surface area contributed by atoms with Gasteiger partial charge in [0.25, 0.3) is 5.91 Å². The zero-order valence-corrected chi connectivity index (χ0v) is 15.2. The molecule has 3 rings (SSSR count). The summed E-state index contributed by atoms with van der Waals surface area (Å²) in [7, 11) is 3.42. The van der Waals surface area contributed by atoms with Crippen LogP contribution in [0.2, 0.25) is 0 Å². The first-order valence-electron chi connectivity index (χ1n) is 8.58. The number of rotatable bonds is 5. The summed E-state index contributed by atoms with van der Waals surface area (Å²) in [5, 5.41) is 2.77. The zero-order chi connectivity index (χ0) is 18.7. The third kappa shape index (κ3) is 3.49. The Morgan fingerprint density at radius 3 is 2.35 bits per heavy atom. The van der Waals surface area contributed by atoms with Crippen molar-refractivity contribution in [1.29, 1.82) is 0 Å². The molecule has 2 aromatic carbocycles. The molecule has 1 N–H and O–H groups in total. The van der Waals surface area contributed by atoms with Gasteiger partial charge in [0.15, 0.2) is 0 Å². The molecular weight excluding hydrogens is 330 g/mol. The zero-order valence-electron chi connectivity index (χ0n) is 15.2. The highest BCUT2D eigenvalue weighted by atomic mass is 16.5. The minimum Gasteiger partial charge on any atom is -0.497 e. The van der Waals surface area contributed by atoms with E-state index in [9.17, 15) is 9.59 Å². The Morgan fingerprint density at radius 2 is 1.81 bits per heavy atom. The average molecular weight is 353 g/mol. The smallest absolute Gasteiger partial charge is 0.321 e. The van der Waals surface area contributed by atoms with Crippen molar-refractivity contribution in [2.75, 3.05) is 32.1 Å². The number of methoxy groups -OCH3 is 1. The molecule has 1 aliphatic rings. The van der Waals surface area contributed by atoms with E-state index in [4.69, 9.17) is 4.74 Å². The van der Waals surface area contributed by atoms with Gasteiger partial charge in [-0.15, -0.1) is 0 Å². The summed E-state index contributed by atoms with van der Waals surface area (Å²) in [5.41, 5.74) is 2.42. The Kier molecular flexibility index (Phi) is 5.11. The second-order valence-electron chi connectivity index (χ2n) is 6.30. The Labute approximate surface area is 153 Å². The lowest BCUT2D eigenvalue weighted by atomic mass is 10.1. The second kappa shape index (κ2) is 7.47. The van der Waals surface area contributed by atoms with Crippen molar-refractivity contribution in [2.24, 2.45) is 0 Å². The van der Waals surface area contributed by atoms with Crippen molar-refractivity contribution in [3.63, 3.8) is 0 Å². The predicted octanol–water partition coefficient (Wildman–Crippen LogP) is 3.06. The molecule has 26 heavy (non-hydrogen) atoms. The molecule has 0 bridgehead atoms. The normalized spacial score (nSPS) is 14.7. The van der Waals surface area contributed by atoms with Gasteiger partial charge in [-0.05, 0) is 48.9 Å². The summed E-state index contributed by atoms with van der Waals surface area (Å²) >= 11 is 0. The summed E-state index contributed by atoms with van der Waals surface area (Å²) in [5.74, 6) is 0.724. The van der Waals surface area contributed by atoms with Crippen LogP contribution in [0.4, 0.5) is 10.5 Å².